The summed E-state index contributed by atoms with van der Waals surface area (Å²) in [5, 5.41) is 16.6. The number of hydrogen-bond acceptors (Lipinski definition) is 9. The van der Waals surface area contributed by atoms with E-state index in [4.69, 9.17) is 10.5 Å². The molecule has 0 aliphatic carbocycles. The van der Waals surface area contributed by atoms with E-state index >= 15 is 0 Å². The maximum Gasteiger partial charge on any atom is 0.312 e. The number of carbonyl (C=O) groups excluding carboxylic acids is 6. The number of rotatable bonds is 23. The van der Waals surface area contributed by atoms with Crippen molar-refractivity contribution in [3.63, 3.8) is 0 Å². The lowest BCUT2D eigenvalue weighted by atomic mass is 9.94. The standard InChI is InChI=1S/C43H65N9O7/c1-30(39(59-3)36-16-11-23-51(36)2)40(55)50-35(27-31-13-6-4-7-14-31)41(56)47-28-32-18-20-33(21-19-32)48-42(57)34(15-10-22-45-43(44)58)49-38(54)29-46-37(53)17-12-26-52-24-8-5-9-25-52/h4,6-7,13-14,18-21,30,34-36,39H,5,8-12,15-17,22-29H2,1-3H3,(H,46,53)(H,47,56)(H,48,57)(H,49,54)(H,50,55)(H3,44,45,58). The normalized spacial score (nSPS) is 17.8. The first-order valence-electron chi connectivity index (χ1n) is 21.0. The lowest BCUT2D eigenvalue weighted by Gasteiger charge is -2.32. The minimum Gasteiger partial charge on any atom is -0.379 e. The van der Waals surface area contributed by atoms with Gasteiger partial charge in [0.15, 0.2) is 0 Å². The Kier molecular flexibility index (Phi) is 19.6. The van der Waals surface area contributed by atoms with Crippen molar-refractivity contribution in [1.82, 2.24) is 36.4 Å². The van der Waals surface area contributed by atoms with E-state index in [-0.39, 0.29) is 55.9 Å². The summed E-state index contributed by atoms with van der Waals surface area (Å²) < 4.78 is 5.81. The van der Waals surface area contributed by atoms with Crippen LogP contribution >= 0.6 is 0 Å². The van der Waals surface area contributed by atoms with Gasteiger partial charge in [0.1, 0.15) is 12.1 Å². The monoisotopic (exact) mass is 820 g/mol. The number of benzene rings is 2. The first-order chi connectivity index (χ1) is 28.4. The summed E-state index contributed by atoms with van der Waals surface area (Å²) in [6, 6.07) is 14.0. The lowest BCUT2D eigenvalue weighted by Crippen LogP contribution is -2.53. The Labute approximate surface area is 348 Å². The van der Waals surface area contributed by atoms with Crippen LogP contribution in [-0.2, 0) is 41.7 Å². The van der Waals surface area contributed by atoms with Crippen LogP contribution in [0.15, 0.2) is 54.6 Å². The number of anilines is 1. The Morgan fingerprint density at radius 1 is 0.780 bits per heavy atom. The van der Waals surface area contributed by atoms with Gasteiger partial charge in [-0.3, -0.25) is 24.0 Å². The van der Waals surface area contributed by atoms with Crippen LogP contribution in [0.1, 0.15) is 75.8 Å². The highest BCUT2D eigenvalue weighted by atomic mass is 16.5. The Morgan fingerprint density at radius 3 is 2.17 bits per heavy atom. The predicted molar refractivity (Wildman–Crippen MR) is 226 cm³/mol. The van der Waals surface area contributed by atoms with Crippen LogP contribution in [0.2, 0.25) is 0 Å². The molecule has 5 atom stereocenters. The summed E-state index contributed by atoms with van der Waals surface area (Å²) >= 11 is 0. The van der Waals surface area contributed by atoms with Crippen molar-refractivity contribution in [3.05, 3.63) is 65.7 Å². The molecule has 2 fully saturated rings. The summed E-state index contributed by atoms with van der Waals surface area (Å²) in [4.78, 5) is 81.5. The maximum atomic E-state index is 13.6. The van der Waals surface area contributed by atoms with E-state index in [9.17, 15) is 28.8 Å². The molecule has 2 aromatic carbocycles. The minimum absolute atomic E-state index is 0.119. The zero-order chi connectivity index (χ0) is 42.6. The van der Waals surface area contributed by atoms with Gasteiger partial charge in [0, 0.05) is 44.8 Å². The third kappa shape index (κ3) is 16.3. The van der Waals surface area contributed by atoms with Gasteiger partial charge in [-0.05, 0) is 101 Å². The number of nitrogens with one attached hydrogen (secondary N) is 6. The van der Waals surface area contributed by atoms with Gasteiger partial charge in [-0.2, -0.15) is 0 Å². The molecule has 2 aromatic rings. The second kappa shape index (κ2) is 24.8. The molecule has 0 saturated carbocycles. The predicted octanol–water partition coefficient (Wildman–Crippen LogP) is 2.03. The number of urea groups is 1. The number of amides is 7. The molecular formula is C43H65N9O7. The van der Waals surface area contributed by atoms with Gasteiger partial charge in [-0.1, -0.05) is 55.8 Å². The highest BCUT2D eigenvalue weighted by Gasteiger charge is 2.37. The lowest BCUT2D eigenvalue weighted by molar-refractivity contribution is -0.135. The van der Waals surface area contributed by atoms with Gasteiger partial charge in [-0.25, -0.2) is 4.79 Å². The third-order valence-electron chi connectivity index (χ3n) is 11.1. The number of primary amides is 1. The summed E-state index contributed by atoms with van der Waals surface area (Å²) in [5.41, 5.74) is 7.30. The summed E-state index contributed by atoms with van der Waals surface area (Å²) in [7, 11) is 3.66. The number of piperidine rings is 1. The second-order valence-electron chi connectivity index (χ2n) is 15.7. The van der Waals surface area contributed by atoms with E-state index in [1.807, 2.05) is 44.3 Å². The quantitative estimate of drug-likeness (QED) is 0.0816. The maximum absolute atomic E-state index is 13.6. The molecule has 59 heavy (non-hydrogen) atoms. The number of carbonyl (C=O) groups is 6. The molecule has 7 amide bonds. The number of likely N-dealkylation sites (tertiary alicyclic amines) is 2. The molecule has 2 saturated heterocycles. The summed E-state index contributed by atoms with van der Waals surface area (Å²) in [6.07, 6.45) is 7.15. The number of ether oxygens (including phenoxy) is 1. The fraction of sp³-hybridized carbons (Fsp3) is 0.581. The van der Waals surface area contributed by atoms with Crippen molar-refractivity contribution >= 4 is 41.3 Å². The van der Waals surface area contributed by atoms with Crippen LogP contribution in [0, 0.1) is 5.92 Å². The summed E-state index contributed by atoms with van der Waals surface area (Å²) in [5.74, 6) is -2.29. The number of likely N-dealkylation sites (N-methyl/N-ethyl adjacent to an activating group) is 1. The zero-order valence-corrected chi connectivity index (χ0v) is 34.9. The van der Waals surface area contributed by atoms with E-state index in [0.29, 0.717) is 31.4 Å². The van der Waals surface area contributed by atoms with Gasteiger partial charge >= 0.3 is 6.03 Å². The average molecular weight is 820 g/mol. The number of nitrogens with zero attached hydrogens (tertiary/aromatic N) is 2. The Hall–Kier alpha value is -5.06. The summed E-state index contributed by atoms with van der Waals surface area (Å²) in [6.45, 7) is 5.85. The molecule has 0 radical (unpaired) electrons. The van der Waals surface area contributed by atoms with Crippen LogP contribution in [-0.4, -0.2) is 123 Å². The van der Waals surface area contributed by atoms with Gasteiger partial charge < -0.3 is 52.2 Å². The van der Waals surface area contributed by atoms with Gasteiger partial charge in [0.25, 0.3) is 0 Å². The van der Waals surface area contributed by atoms with Crippen molar-refractivity contribution in [2.75, 3.05) is 58.7 Å². The van der Waals surface area contributed by atoms with Crippen molar-refractivity contribution in [3.8, 4) is 0 Å². The number of hydrogen-bond donors (Lipinski definition) is 7. The molecule has 0 spiro atoms. The minimum atomic E-state index is -0.954. The molecule has 5 unspecified atom stereocenters. The van der Waals surface area contributed by atoms with E-state index in [0.717, 1.165) is 50.1 Å². The molecular weight excluding hydrogens is 755 g/mol. The number of methoxy groups -OCH3 is 1. The smallest absolute Gasteiger partial charge is 0.312 e. The SMILES string of the molecule is COC(C(C)C(=O)NC(Cc1ccccc1)C(=O)NCc1ccc(NC(=O)C(CCCNC(N)=O)NC(=O)CNC(=O)CCCN2CCCCC2)cc1)C1CCCN1C. The van der Waals surface area contributed by atoms with Crippen LogP contribution in [0.4, 0.5) is 10.5 Å². The van der Waals surface area contributed by atoms with Crippen LogP contribution in [0.25, 0.3) is 0 Å². The molecule has 16 nitrogen and oxygen atoms in total. The van der Waals surface area contributed by atoms with Gasteiger partial charge in [0.05, 0.1) is 18.6 Å². The largest absolute Gasteiger partial charge is 0.379 e. The highest BCUT2D eigenvalue weighted by molar-refractivity contribution is 5.97. The molecule has 2 aliphatic heterocycles. The fourth-order valence-corrected chi connectivity index (χ4v) is 7.75. The molecule has 0 bridgehead atoms. The van der Waals surface area contributed by atoms with Gasteiger partial charge in [-0.15, -0.1) is 0 Å². The first kappa shape index (κ1) is 46.6. The van der Waals surface area contributed by atoms with Crippen molar-refractivity contribution in [2.24, 2.45) is 11.7 Å². The average Bonchev–Trinajstić information content (AvgIpc) is 3.66. The molecule has 8 N–H and O–H groups in total. The van der Waals surface area contributed by atoms with Crippen LogP contribution in [0.5, 0.6) is 0 Å². The van der Waals surface area contributed by atoms with E-state index in [1.165, 1.54) is 19.3 Å². The van der Waals surface area contributed by atoms with Crippen LogP contribution in [0.3, 0.4) is 0 Å². The van der Waals surface area contributed by atoms with Crippen molar-refractivity contribution < 1.29 is 33.5 Å². The van der Waals surface area contributed by atoms with E-state index in [1.54, 1.807) is 31.4 Å². The van der Waals surface area contributed by atoms with E-state index < -0.39 is 35.8 Å². The number of nitrogens with two attached hydrogens (primary N) is 1. The molecule has 2 aliphatic rings. The fourth-order valence-electron chi connectivity index (χ4n) is 7.75. The van der Waals surface area contributed by atoms with Gasteiger partial charge in [0.2, 0.25) is 29.5 Å². The highest BCUT2D eigenvalue weighted by Crippen LogP contribution is 2.25. The van der Waals surface area contributed by atoms with E-state index in [2.05, 4.69) is 41.7 Å². The molecule has 4 rings (SSSR count). The Morgan fingerprint density at radius 2 is 1.51 bits per heavy atom. The molecule has 16 heteroatoms. The molecule has 324 valence electrons. The molecule has 0 aromatic heterocycles. The Bertz CT molecular complexity index is 1660. The van der Waals surface area contributed by atoms with Crippen molar-refractivity contribution in [1.29, 1.82) is 0 Å². The zero-order valence-electron chi connectivity index (χ0n) is 34.9. The van der Waals surface area contributed by atoms with Crippen LogP contribution < -0.4 is 37.6 Å². The first-order valence-corrected chi connectivity index (χ1v) is 21.0. The third-order valence-corrected chi connectivity index (χ3v) is 11.1. The van der Waals surface area contributed by atoms with Crippen molar-refractivity contribution in [2.45, 2.75) is 102 Å². The topological polar surface area (TPSA) is 216 Å². The second-order valence-corrected chi connectivity index (χ2v) is 15.7. The Balaban J connectivity index is 1.30. The molecule has 2 heterocycles.